The number of hydrogen-bond acceptors (Lipinski definition) is 3. The van der Waals surface area contributed by atoms with Crippen molar-refractivity contribution in [3.8, 4) is 0 Å². The summed E-state index contributed by atoms with van der Waals surface area (Å²) in [7, 11) is 1.89. The standard InChI is InChI=1S/C15H20FN3O2/c1-18-8-6-17-14(18)13-12(5-3-9-21-13)15(20)19-7-2-4-11(16)10-19/h4,6,8,12-13H,2-3,5,7,9-10H2,1H3/t12-,13-/m1/s1. The summed E-state index contributed by atoms with van der Waals surface area (Å²) in [4.78, 5) is 18.6. The number of rotatable bonds is 2. The molecule has 0 N–H and O–H groups in total. The van der Waals surface area contributed by atoms with Gasteiger partial charge in [-0.25, -0.2) is 9.37 Å². The first kappa shape index (κ1) is 14.3. The maximum atomic E-state index is 13.4. The van der Waals surface area contributed by atoms with Crippen LogP contribution in [0.5, 0.6) is 0 Å². The Kier molecular flexibility index (Phi) is 4.05. The van der Waals surface area contributed by atoms with Crippen molar-refractivity contribution >= 4 is 5.91 Å². The first-order valence-corrected chi connectivity index (χ1v) is 7.39. The van der Waals surface area contributed by atoms with Crippen LogP contribution in [0.4, 0.5) is 4.39 Å². The van der Waals surface area contributed by atoms with Crippen molar-refractivity contribution in [2.45, 2.75) is 25.4 Å². The van der Waals surface area contributed by atoms with Crippen molar-refractivity contribution in [2.24, 2.45) is 13.0 Å². The summed E-state index contributed by atoms with van der Waals surface area (Å²) >= 11 is 0. The van der Waals surface area contributed by atoms with E-state index in [1.165, 1.54) is 0 Å². The zero-order chi connectivity index (χ0) is 14.8. The van der Waals surface area contributed by atoms with Crippen LogP contribution in [-0.4, -0.2) is 40.1 Å². The highest BCUT2D eigenvalue weighted by Gasteiger charge is 2.38. The summed E-state index contributed by atoms with van der Waals surface area (Å²) in [5.41, 5.74) is 0. The molecule has 0 spiro atoms. The van der Waals surface area contributed by atoms with E-state index in [0.29, 0.717) is 19.6 Å². The lowest BCUT2D eigenvalue weighted by molar-refractivity contribution is -0.146. The van der Waals surface area contributed by atoms with Crippen LogP contribution in [0.3, 0.4) is 0 Å². The first-order chi connectivity index (χ1) is 10.2. The highest BCUT2D eigenvalue weighted by molar-refractivity contribution is 5.80. The Bertz CT molecular complexity index is 555. The Morgan fingerprint density at radius 3 is 3.10 bits per heavy atom. The lowest BCUT2D eigenvalue weighted by Crippen LogP contribution is -2.43. The zero-order valence-corrected chi connectivity index (χ0v) is 12.2. The summed E-state index contributed by atoms with van der Waals surface area (Å²) in [5.74, 6) is 0.248. The van der Waals surface area contributed by atoms with Gasteiger partial charge in [0.25, 0.3) is 0 Å². The molecule has 1 fully saturated rings. The van der Waals surface area contributed by atoms with Gasteiger partial charge in [-0.05, 0) is 25.3 Å². The number of carbonyl (C=O) groups is 1. The molecule has 0 aliphatic carbocycles. The minimum Gasteiger partial charge on any atom is -0.369 e. The molecule has 3 heterocycles. The normalized spacial score (nSPS) is 26.6. The van der Waals surface area contributed by atoms with E-state index < -0.39 is 0 Å². The average molecular weight is 293 g/mol. The fourth-order valence-electron chi connectivity index (χ4n) is 3.07. The van der Waals surface area contributed by atoms with Crippen molar-refractivity contribution in [3.05, 3.63) is 30.1 Å². The van der Waals surface area contributed by atoms with E-state index in [4.69, 9.17) is 4.74 Å². The molecule has 0 saturated carbocycles. The van der Waals surface area contributed by atoms with Gasteiger partial charge < -0.3 is 14.2 Å². The van der Waals surface area contributed by atoms with Gasteiger partial charge in [0.05, 0.1) is 12.5 Å². The predicted molar refractivity (Wildman–Crippen MR) is 75.0 cm³/mol. The lowest BCUT2D eigenvalue weighted by Gasteiger charge is -2.35. The summed E-state index contributed by atoms with van der Waals surface area (Å²) in [6, 6.07) is 0. The highest BCUT2D eigenvalue weighted by atomic mass is 19.1. The van der Waals surface area contributed by atoms with E-state index in [2.05, 4.69) is 4.98 Å². The summed E-state index contributed by atoms with van der Waals surface area (Å²) in [5, 5.41) is 0. The van der Waals surface area contributed by atoms with Crippen LogP contribution < -0.4 is 0 Å². The van der Waals surface area contributed by atoms with Crippen LogP contribution in [0.25, 0.3) is 0 Å². The molecule has 6 heteroatoms. The van der Waals surface area contributed by atoms with Gasteiger partial charge in [-0.1, -0.05) is 0 Å². The number of carbonyl (C=O) groups excluding carboxylic acids is 1. The molecular weight excluding hydrogens is 273 g/mol. The quantitative estimate of drug-likeness (QED) is 0.837. The maximum absolute atomic E-state index is 13.4. The van der Waals surface area contributed by atoms with Gasteiger partial charge in [0.1, 0.15) is 17.8 Å². The van der Waals surface area contributed by atoms with Gasteiger partial charge in [0.15, 0.2) is 0 Å². The molecule has 21 heavy (non-hydrogen) atoms. The summed E-state index contributed by atoms with van der Waals surface area (Å²) in [6.45, 7) is 1.30. The number of imidazole rings is 1. The maximum Gasteiger partial charge on any atom is 0.229 e. The van der Waals surface area contributed by atoms with Crippen LogP contribution in [0.1, 0.15) is 31.2 Å². The molecule has 2 atom stereocenters. The van der Waals surface area contributed by atoms with Gasteiger partial charge in [-0.15, -0.1) is 0 Å². The smallest absolute Gasteiger partial charge is 0.229 e. The largest absolute Gasteiger partial charge is 0.369 e. The Morgan fingerprint density at radius 1 is 1.52 bits per heavy atom. The highest BCUT2D eigenvalue weighted by Crippen LogP contribution is 2.34. The molecule has 2 aliphatic rings. The van der Waals surface area contributed by atoms with E-state index in [1.54, 1.807) is 17.2 Å². The first-order valence-electron chi connectivity index (χ1n) is 7.39. The molecule has 0 unspecified atom stereocenters. The van der Waals surface area contributed by atoms with Crippen molar-refractivity contribution in [2.75, 3.05) is 19.7 Å². The Balaban J connectivity index is 1.79. The second-order valence-corrected chi connectivity index (χ2v) is 5.64. The van der Waals surface area contributed by atoms with Gasteiger partial charge in [-0.3, -0.25) is 4.79 Å². The fourth-order valence-corrected chi connectivity index (χ4v) is 3.07. The molecule has 114 valence electrons. The van der Waals surface area contributed by atoms with Crippen molar-refractivity contribution in [1.82, 2.24) is 14.5 Å². The van der Waals surface area contributed by atoms with Crippen LogP contribution in [0, 0.1) is 5.92 Å². The molecule has 5 nitrogen and oxygen atoms in total. The zero-order valence-electron chi connectivity index (χ0n) is 12.2. The Hall–Kier alpha value is -1.69. The number of halogens is 1. The van der Waals surface area contributed by atoms with E-state index in [1.807, 2.05) is 17.8 Å². The molecule has 0 aromatic carbocycles. The SMILES string of the molecule is Cn1ccnc1[C@@H]1OCCC[C@H]1C(=O)N1CCC=C(F)C1. The molecule has 1 amide bonds. The minimum atomic E-state index is -0.333. The van der Waals surface area contributed by atoms with E-state index >= 15 is 0 Å². The van der Waals surface area contributed by atoms with Crippen LogP contribution >= 0.6 is 0 Å². The van der Waals surface area contributed by atoms with Crippen molar-refractivity contribution in [1.29, 1.82) is 0 Å². The third-order valence-corrected chi connectivity index (χ3v) is 4.17. The summed E-state index contributed by atoms with van der Waals surface area (Å²) in [6.07, 6.45) is 6.97. The van der Waals surface area contributed by atoms with E-state index in [0.717, 1.165) is 18.7 Å². The number of nitrogens with zero attached hydrogens (tertiary/aromatic N) is 3. The molecule has 1 aromatic rings. The van der Waals surface area contributed by atoms with Crippen LogP contribution in [0.2, 0.25) is 0 Å². The van der Waals surface area contributed by atoms with Crippen molar-refractivity contribution in [3.63, 3.8) is 0 Å². The number of hydrogen-bond donors (Lipinski definition) is 0. The molecule has 2 aliphatic heterocycles. The van der Waals surface area contributed by atoms with Gasteiger partial charge >= 0.3 is 0 Å². The number of ether oxygens (including phenoxy) is 1. The molecule has 0 bridgehead atoms. The minimum absolute atomic E-state index is 0.0223. The van der Waals surface area contributed by atoms with E-state index in [-0.39, 0.29) is 30.3 Å². The Morgan fingerprint density at radius 2 is 2.38 bits per heavy atom. The Labute approximate surface area is 123 Å². The van der Waals surface area contributed by atoms with E-state index in [9.17, 15) is 9.18 Å². The molecule has 1 aromatic heterocycles. The second-order valence-electron chi connectivity index (χ2n) is 5.64. The predicted octanol–water partition coefficient (Wildman–Crippen LogP) is 1.97. The lowest BCUT2D eigenvalue weighted by atomic mass is 9.91. The van der Waals surface area contributed by atoms with Gasteiger partial charge in [-0.2, -0.15) is 0 Å². The molecule has 1 saturated heterocycles. The van der Waals surface area contributed by atoms with Gasteiger partial charge in [0.2, 0.25) is 5.91 Å². The second kappa shape index (κ2) is 5.97. The topological polar surface area (TPSA) is 47.4 Å². The van der Waals surface area contributed by atoms with Crippen molar-refractivity contribution < 1.29 is 13.9 Å². The third-order valence-electron chi connectivity index (χ3n) is 4.17. The van der Waals surface area contributed by atoms with Crippen LogP contribution in [-0.2, 0) is 16.6 Å². The van der Waals surface area contributed by atoms with Gasteiger partial charge in [0, 0.05) is 32.6 Å². The molecule has 3 rings (SSSR count). The molecule has 0 radical (unpaired) electrons. The monoisotopic (exact) mass is 293 g/mol. The number of amides is 1. The fraction of sp³-hybridized carbons (Fsp3) is 0.600. The van der Waals surface area contributed by atoms with Crippen LogP contribution in [0.15, 0.2) is 24.3 Å². The number of aromatic nitrogens is 2. The number of aryl methyl sites for hydroxylation is 1. The third kappa shape index (κ3) is 2.85. The molecular formula is C15H20FN3O2. The summed E-state index contributed by atoms with van der Waals surface area (Å²) < 4.78 is 21.1. The average Bonchev–Trinajstić information content (AvgIpc) is 2.92.